The van der Waals surface area contributed by atoms with Gasteiger partial charge in [-0.3, -0.25) is 4.98 Å². The molecule has 0 fully saturated rings. The molecule has 0 saturated carbocycles. The standard InChI is InChI=1S/C17H20ClFN2/c1-2-8-20-16(12-15-5-3-4-9-21-15)11-13-10-14(19)6-7-17(13)18/h3-7,9-10,16,20H,2,8,11-12H2,1H3. The lowest BCUT2D eigenvalue weighted by Gasteiger charge is -2.19. The Hall–Kier alpha value is -1.45. The Bertz CT molecular complexity index is 560. The highest BCUT2D eigenvalue weighted by molar-refractivity contribution is 6.31. The van der Waals surface area contributed by atoms with Gasteiger partial charge in [0.25, 0.3) is 0 Å². The average molecular weight is 307 g/mol. The summed E-state index contributed by atoms with van der Waals surface area (Å²) < 4.78 is 13.4. The number of halogens is 2. The minimum absolute atomic E-state index is 0.194. The van der Waals surface area contributed by atoms with Crippen LogP contribution in [0.5, 0.6) is 0 Å². The summed E-state index contributed by atoms with van der Waals surface area (Å²) >= 11 is 6.17. The highest BCUT2D eigenvalue weighted by Gasteiger charge is 2.13. The van der Waals surface area contributed by atoms with Crippen molar-refractivity contribution in [3.63, 3.8) is 0 Å². The SMILES string of the molecule is CCCNC(Cc1ccccn1)Cc1cc(F)ccc1Cl. The Labute approximate surface area is 130 Å². The number of aromatic nitrogens is 1. The average Bonchev–Trinajstić information content (AvgIpc) is 2.49. The van der Waals surface area contributed by atoms with Gasteiger partial charge in [-0.1, -0.05) is 24.6 Å². The molecule has 0 aliphatic rings. The minimum atomic E-state index is -0.249. The molecule has 0 amide bonds. The lowest BCUT2D eigenvalue weighted by molar-refractivity contribution is 0.499. The topological polar surface area (TPSA) is 24.9 Å². The lowest BCUT2D eigenvalue weighted by atomic mass is 10.0. The summed E-state index contributed by atoms with van der Waals surface area (Å²) in [6, 6.07) is 10.6. The summed E-state index contributed by atoms with van der Waals surface area (Å²) in [6.07, 6.45) is 4.33. The molecule has 1 unspecified atom stereocenters. The second kappa shape index (κ2) is 8.11. The molecule has 1 aromatic carbocycles. The molecule has 2 rings (SSSR count). The molecule has 0 spiro atoms. The van der Waals surface area contributed by atoms with E-state index < -0.39 is 0 Å². The molecular formula is C17H20ClFN2. The first-order valence-electron chi connectivity index (χ1n) is 7.26. The zero-order valence-electron chi connectivity index (χ0n) is 12.2. The monoisotopic (exact) mass is 306 g/mol. The van der Waals surface area contributed by atoms with E-state index in [2.05, 4.69) is 17.2 Å². The molecule has 0 bridgehead atoms. The van der Waals surface area contributed by atoms with E-state index in [1.54, 1.807) is 12.3 Å². The summed E-state index contributed by atoms with van der Waals surface area (Å²) in [5.41, 5.74) is 1.86. The number of hydrogen-bond donors (Lipinski definition) is 1. The van der Waals surface area contributed by atoms with Crippen molar-refractivity contribution in [2.24, 2.45) is 0 Å². The molecule has 1 aromatic heterocycles. The molecule has 0 radical (unpaired) electrons. The van der Waals surface area contributed by atoms with Crippen LogP contribution in [0.1, 0.15) is 24.6 Å². The van der Waals surface area contributed by atoms with Crippen LogP contribution in [0.25, 0.3) is 0 Å². The fourth-order valence-corrected chi connectivity index (χ4v) is 2.50. The van der Waals surface area contributed by atoms with Gasteiger partial charge >= 0.3 is 0 Å². The Kier molecular flexibility index (Phi) is 6.15. The van der Waals surface area contributed by atoms with Gasteiger partial charge in [-0.15, -0.1) is 0 Å². The van der Waals surface area contributed by atoms with Crippen LogP contribution in [0.4, 0.5) is 4.39 Å². The van der Waals surface area contributed by atoms with Gasteiger partial charge in [-0.2, -0.15) is 0 Å². The highest BCUT2D eigenvalue weighted by atomic mass is 35.5. The van der Waals surface area contributed by atoms with Gasteiger partial charge in [0, 0.05) is 29.4 Å². The molecule has 0 saturated heterocycles. The summed E-state index contributed by atoms with van der Waals surface area (Å²) in [6.45, 7) is 3.05. The summed E-state index contributed by atoms with van der Waals surface area (Å²) in [5, 5.41) is 4.10. The molecule has 0 aliphatic carbocycles. The maximum absolute atomic E-state index is 13.4. The van der Waals surface area contributed by atoms with E-state index in [0.717, 1.165) is 30.6 Å². The zero-order chi connectivity index (χ0) is 15.1. The van der Waals surface area contributed by atoms with Gasteiger partial charge in [0.1, 0.15) is 5.82 Å². The predicted octanol–water partition coefficient (Wildman–Crippen LogP) is 4.03. The number of nitrogens with zero attached hydrogens (tertiary/aromatic N) is 1. The van der Waals surface area contributed by atoms with Crippen LogP contribution in [0.15, 0.2) is 42.6 Å². The normalized spacial score (nSPS) is 12.3. The second-order valence-electron chi connectivity index (χ2n) is 5.12. The Balaban J connectivity index is 2.10. The fourth-order valence-electron chi connectivity index (χ4n) is 2.30. The summed E-state index contributed by atoms with van der Waals surface area (Å²) in [5.74, 6) is -0.249. The first kappa shape index (κ1) is 15.9. The molecule has 1 N–H and O–H groups in total. The maximum Gasteiger partial charge on any atom is 0.123 e. The number of pyridine rings is 1. The van der Waals surface area contributed by atoms with Crippen LogP contribution >= 0.6 is 11.6 Å². The molecule has 4 heteroatoms. The van der Waals surface area contributed by atoms with E-state index in [9.17, 15) is 4.39 Å². The van der Waals surface area contributed by atoms with E-state index in [1.165, 1.54) is 12.1 Å². The molecule has 1 heterocycles. The van der Waals surface area contributed by atoms with Gasteiger partial charge in [0.05, 0.1) is 0 Å². The molecule has 21 heavy (non-hydrogen) atoms. The van der Waals surface area contributed by atoms with Crippen LogP contribution < -0.4 is 5.32 Å². The van der Waals surface area contributed by atoms with Crippen molar-refractivity contribution >= 4 is 11.6 Å². The molecule has 112 valence electrons. The van der Waals surface area contributed by atoms with Crippen molar-refractivity contribution in [2.75, 3.05) is 6.54 Å². The molecular weight excluding hydrogens is 287 g/mol. The third-order valence-corrected chi connectivity index (χ3v) is 3.71. The van der Waals surface area contributed by atoms with Crippen molar-refractivity contribution in [1.82, 2.24) is 10.3 Å². The molecule has 0 aliphatic heterocycles. The van der Waals surface area contributed by atoms with E-state index in [0.29, 0.717) is 11.4 Å². The van der Waals surface area contributed by atoms with Gasteiger partial charge in [-0.25, -0.2) is 4.39 Å². The number of nitrogens with one attached hydrogen (secondary N) is 1. The third-order valence-electron chi connectivity index (χ3n) is 3.34. The Morgan fingerprint density at radius 2 is 2.10 bits per heavy atom. The second-order valence-corrected chi connectivity index (χ2v) is 5.52. The van der Waals surface area contributed by atoms with Crippen molar-refractivity contribution in [3.8, 4) is 0 Å². The lowest BCUT2D eigenvalue weighted by Crippen LogP contribution is -2.34. The fraction of sp³-hybridized carbons (Fsp3) is 0.353. The number of hydrogen-bond acceptors (Lipinski definition) is 2. The van der Waals surface area contributed by atoms with Crippen molar-refractivity contribution < 1.29 is 4.39 Å². The summed E-state index contributed by atoms with van der Waals surface area (Å²) in [7, 11) is 0. The van der Waals surface area contributed by atoms with Crippen molar-refractivity contribution in [3.05, 3.63) is 64.7 Å². The smallest absolute Gasteiger partial charge is 0.123 e. The van der Waals surface area contributed by atoms with Gasteiger partial charge in [-0.05, 0) is 55.3 Å². The molecule has 2 nitrogen and oxygen atoms in total. The van der Waals surface area contributed by atoms with Crippen molar-refractivity contribution in [1.29, 1.82) is 0 Å². The highest BCUT2D eigenvalue weighted by Crippen LogP contribution is 2.19. The van der Waals surface area contributed by atoms with Crippen molar-refractivity contribution in [2.45, 2.75) is 32.2 Å². The van der Waals surface area contributed by atoms with Crippen LogP contribution in [0, 0.1) is 5.82 Å². The van der Waals surface area contributed by atoms with E-state index in [-0.39, 0.29) is 11.9 Å². The maximum atomic E-state index is 13.4. The zero-order valence-corrected chi connectivity index (χ0v) is 12.9. The Morgan fingerprint density at radius 1 is 1.24 bits per heavy atom. The van der Waals surface area contributed by atoms with Crippen LogP contribution in [-0.4, -0.2) is 17.6 Å². The van der Waals surface area contributed by atoms with Gasteiger partial charge < -0.3 is 5.32 Å². The van der Waals surface area contributed by atoms with E-state index in [4.69, 9.17) is 11.6 Å². The number of rotatable bonds is 7. The van der Waals surface area contributed by atoms with Gasteiger partial charge in [0.15, 0.2) is 0 Å². The first-order chi connectivity index (χ1) is 10.2. The van der Waals surface area contributed by atoms with E-state index in [1.807, 2.05) is 18.2 Å². The summed E-state index contributed by atoms with van der Waals surface area (Å²) in [4.78, 5) is 4.36. The quantitative estimate of drug-likeness (QED) is 0.835. The van der Waals surface area contributed by atoms with Crippen LogP contribution in [-0.2, 0) is 12.8 Å². The number of benzene rings is 1. The first-order valence-corrected chi connectivity index (χ1v) is 7.64. The third kappa shape index (κ3) is 5.10. The van der Waals surface area contributed by atoms with Crippen LogP contribution in [0.2, 0.25) is 5.02 Å². The molecule has 1 atom stereocenters. The molecule has 2 aromatic rings. The predicted molar refractivity (Wildman–Crippen MR) is 85.1 cm³/mol. The van der Waals surface area contributed by atoms with E-state index >= 15 is 0 Å². The largest absolute Gasteiger partial charge is 0.313 e. The van der Waals surface area contributed by atoms with Crippen LogP contribution in [0.3, 0.4) is 0 Å². The van der Waals surface area contributed by atoms with Gasteiger partial charge in [0.2, 0.25) is 0 Å². The Morgan fingerprint density at radius 3 is 2.81 bits per heavy atom. The minimum Gasteiger partial charge on any atom is -0.313 e.